The van der Waals surface area contributed by atoms with Crippen LogP contribution in [0.25, 0.3) is 11.8 Å². The van der Waals surface area contributed by atoms with E-state index < -0.39 is 24.3 Å². The molecule has 0 spiro atoms. The van der Waals surface area contributed by atoms with Crippen LogP contribution in [0, 0.1) is 23.7 Å². The standard InChI is InChI=1S/C34H40BClO6/c1-33(2)34(3,4)42-35(41-33)26-10-6-20(7-11-26)19-40-31-23(9-13-28(37)38)8-12-27(30(31)36)32(39-5)29-24-15-21-14-22(17-24)18-25(29)16-21/h6-13,21-22,24-25H,14-19H2,1-5H3,(H,37,38)/b13-9+,32-29?. The molecule has 8 heteroatoms. The number of hydrogen-bond donors (Lipinski definition) is 1. The molecule has 2 aromatic rings. The third kappa shape index (κ3) is 5.40. The van der Waals surface area contributed by atoms with Gasteiger partial charge in [0, 0.05) is 17.2 Å². The first-order valence-corrected chi connectivity index (χ1v) is 15.4. The molecule has 1 N–H and O–H groups in total. The average molecular weight is 591 g/mol. The van der Waals surface area contributed by atoms with Gasteiger partial charge in [0.25, 0.3) is 0 Å². The lowest BCUT2D eigenvalue weighted by atomic mass is 9.54. The van der Waals surface area contributed by atoms with Crippen molar-refractivity contribution in [1.29, 1.82) is 0 Å². The Morgan fingerprint density at radius 2 is 1.57 bits per heavy atom. The minimum atomic E-state index is -1.03. The van der Waals surface area contributed by atoms with Gasteiger partial charge in [-0.3, -0.25) is 0 Å². The molecule has 0 radical (unpaired) electrons. The van der Waals surface area contributed by atoms with Crippen LogP contribution in [0.4, 0.5) is 0 Å². The quantitative estimate of drug-likeness (QED) is 0.200. The number of benzene rings is 2. The van der Waals surface area contributed by atoms with E-state index in [9.17, 15) is 9.90 Å². The van der Waals surface area contributed by atoms with Crippen molar-refractivity contribution in [2.75, 3.05) is 7.11 Å². The van der Waals surface area contributed by atoms with Crippen molar-refractivity contribution in [3.63, 3.8) is 0 Å². The lowest BCUT2D eigenvalue weighted by molar-refractivity contribution is -0.131. The molecule has 222 valence electrons. The molecule has 6 nitrogen and oxygen atoms in total. The van der Waals surface area contributed by atoms with Gasteiger partial charge in [-0.2, -0.15) is 0 Å². The Hall–Kier alpha value is -2.74. The SMILES string of the molecule is COC(=C1C2CC3CC(C2)CC1C3)c1ccc(/C=C/C(=O)O)c(OCc2ccc(B3OC(C)(C)C(C)(C)O3)cc2)c1Cl. The first-order valence-electron chi connectivity index (χ1n) is 15.0. The maximum atomic E-state index is 11.3. The topological polar surface area (TPSA) is 74.2 Å². The number of allylic oxidation sites excluding steroid dienone is 1. The zero-order chi connectivity index (χ0) is 29.8. The van der Waals surface area contributed by atoms with Crippen molar-refractivity contribution in [2.45, 2.75) is 77.6 Å². The van der Waals surface area contributed by atoms with Crippen molar-refractivity contribution in [3.05, 3.63) is 69.8 Å². The van der Waals surface area contributed by atoms with Crippen LogP contribution in [0.1, 0.15) is 76.5 Å². The largest absolute Gasteiger partial charge is 0.496 e. The number of rotatable bonds is 8. The molecule has 7 rings (SSSR count). The lowest BCUT2D eigenvalue weighted by Crippen LogP contribution is -2.41. The summed E-state index contributed by atoms with van der Waals surface area (Å²) in [6.07, 6.45) is 8.94. The number of methoxy groups -OCH3 is 1. The number of halogens is 1. The summed E-state index contributed by atoms with van der Waals surface area (Å²) in [7, 11) is 1.29. The number of ether oxygens (including phenoxy) is 2. The highest BCUT2D eigenvalue weighted by Gasteiger charge is 2.51. The predicted molar refractivity (Wildman–Crippen MR) is 166 cm³/mol. The number of hydrogen-bond acceptors (Lipinski definition) is 5. The Labute approximate surface area is 254 Å². The van der Waals surface area contributed by atoms with Gasteiger partial charge in [0.15, 0.2) is 0 Å². The van der Waals surface area contributed by atoms with E-state index in [2.05, 4.69) is 0 Å². The highest BCUT2D eigenvalue weighted by atomic mass is 35.5. The molecule has 4 saturated carbocycles. The smallest absolute Gasteiger partial charge is 0.494 e. The molecule has 42 heavy (non-hydrogen) atoms. The summed E-state index contributed by atoms with van der Waals surface area (Å²) >= 11 is 7.09. The summed E-state index contributed by atoms with van der Waals surface area (Å²) in [4.78, 5) is 11.3. The Morgan fingerprint density at radius 1 is 0.976 bits per heavy atom. The van der Waals surface area contributed by atoms with Crippen LogP contribution in [0.2, 0.25) is 5.02 Å². The molecule has 4 aliphatic carbocycles. The fourth-order valence-electron chi connectivity index (χ4n) is 7.54. The van der Waals surface area contributed by atoms with Crippen molar-refractivity contribution in [1.82, 2.24) is 0 Å². The number of carboxylic acid groups (broad SMARTS) is 1. The molecule has 0 unspecified atom stereocenters. The Kier molecular flexibility index (Phi) is 7.74. The summed E-state index contributed by atoms with van der Waals surface area (Å²) in [5.41, 5.74) is 3.88. The second-order valence-electron chi connectivity index (χ2n) is 13.4. The van der Waals surface area contributed by atoms with Gasteiger partial charge in [0.05, 0.1) is 23.3 Å². The first kappa shape index (κ1) is 29.3. The van der Waals surface area contributed by atoms with Gasteiger partial charge < -0.3 is 23.9 Å². The maximum Gasteiger partial charge on any atom is 0.494 e. The molecule has 0 atom stereocenters. The molecular weight excluding hydrogens is 551 g/mol. The lowest BCUT2D eigenvalue weighted by Gasteiger charge is -2.51. The van der Waals surface area contributed by atoms with Crippen molar-refractivity contribution in [2.24, 2.45) is 23.7 Å². The fraction of sp³-hybridized carbons (Fsp3) is 0.500. The molecule has 0 amide bonds. The monoisotopic (exact) mass is 590 g/mol. The van der Waals surface area contributed by atoms with E-state index in [1.807, 2.05) is 64.1 Å². The first-order chi connectivity index (χ1) is 20.0. The maximum absolute atomic E-state index is 11.3. The third-order valence-electron chi connectivity index (χ3n) is 10.2. The van der Waals surface area contributed by atoms with E-state index in [0.717, 1.165) is 40.3 Å². The number of carboxylic acids is 1. The molecule has 1 saturated heterocycles. The molecular formula is C34H40BClO6. The van der Waals surface area contributed by atoms with Crippen LogP contribution in [0.5, 0.6) is 5.75 Å². The Balaban J connectivity index is 1.28. The average Bonchev–Trinajstić information content (AvgIpc) is 3.15. The molecule has 1 aliphatic heterocycles. The minimum absolute atomic E-state index is 0.258. The number of aliphatic carboxylic acids is 1. The Morgan fingerprint density at radius 3 is 2.12 bits per heavy atom. The fourth-order valence-corrected chi connectivity index (χ4v) is 7.85. The Bertz CT molecular complexity index is 1380. The normalized spacial score (nSPS) is 27.1. The van der Waals surface area contributed by atoms with Crippen molar-refractivity contribution < 1.29 is 28.7 Å². The number of carbonyl (C=O) groups is 1. The van der Waals surface area contributed by atoms with Gasteiger partial charge in [-0.1, -0.05) is 41.9 Å². The van der Waals surface area contributed by atoms with Gasteiger partial charge in [0.1, 0.15) is 18.1 Å². The van der Waals surface area contributed by atoms with E-state index in [-0.39, 0.29) is 6.61 Å². The summed E-state index contributed by atoms with van der Waals surface area (Å²) in [6.45, 7) is 8.41. The zero-order valence-electron chi connectivity index (χ0n) is 25.1. The van der Waals surface area contributed by atoms with Crippen LogP contribution in [0.3, 0.4) is 0 Å². The minimum Gasteiger partial charge on any atom is -0.496 e. The highest BCUT2D eigenvalue weighted by Crippen LogP contribution is 2.58. The molecule has 5 fully saturated rings. The molecule has 4 bridgehead atoms. The summed E-state index contributed by atoms with van der Waals surface area (Å²) in [6, 6.07) is 11.8. The van der Waals surface area contributed by atoms with Gasteiger partial charge in [0.2, 0.25) is 0 Å². The van der Waals surface area contributed by atoms with Gasteiger partial charge >= 0.3 is 13.1 Å². The van der Waals surface area contributed by atoms with E-state index in [1.54, 1.807) is 7.11 Å². The van der Waals surface area contributed by atoms with E-state index in [4.69, 9.17) is 30.4 Å². The molecule has 1 heterocycles. The predicted octanol–water partition coefficient (Wildman–Crippen LogP) is 7.13. The second-order valence-corrected chi connectivity index (χ2v) is 13.8. The van der Waals surface area contributed by atoms with Crippen LogP contribution >= 0.6 is 11.6 Å². The summed E-state index contributed by atoms with van der Waals surface area (Å²) in [5, 5.41) is 9.72. The van der Waals surface area contributed by atoms with Crippen molar-refractivity contribution >= 4 is 42.0 Å². The van der Waals surface area contributed by atoms with E-state index in [0.29, 0.717) is 28.2 Å². The van der Waals surface area contributed by atoms with Gasteiger partial charge in [-0.15, -0.1) is 0 Å². The highest BCUT2D eigenvalue weighted by molar-refractivity contribution is 6.62. The zero-order valence-corrected chi connectivity index (χ0v) is 25.9. The van der Waals surface area contributed by atoms with E-state index >= 15 is 0 Å². The van der Waals surface area contributed by atoms with Gasteiger partial charge in [-0.05, 0) is 112 Å². The van der Waals surface area contributed by atoms with Gasteiger partial charge in [-0.25, -0.2) is 4.79 Å². The van der Waals surface area contributed by atoms with Crippen LogP contribution in [-0.4, -0.2) is 36.5 Å². The third-order valence-corrected chi connectivity index (χ3v) is 10.5. The summed E-state index contributed by atoms with van der Waals surface area (Å²) < 4.78 is 24.8. The van der Waals surface area contributed by atoms with Crippen molar-refractivity contribution in [3.8, 4) is 5.75 Å². The summed E-state index contributed by atoms with van der Waals surface area (Å²) in [5.74, 6) is 3.04. The molecule has 5 aliphatic rings. The molecule has 2 aromatic carbocycles. The van der Waals surface area contributed by atoms with Crippen LogP contribution < -0.4 is 10.2 Å². The van der Waals surface area contributed by atoms with Crippen LogP contribution in [0.15, 0.2) is 48.0 Å². The van der Waals surface area contributed by atoms with Crippen LogP contribution in [-0.2, 0) is 25.4 Å². The van der Waals surface area contributed by atoms with E-state index in [1.165, 1.54) is 43.8 Å². The second kappa shape index (κ2) is 11.1. The molecule has 0 aromatic heterocycles.